The Balaban J connectivity index is 1.48. The predicted octanol–water partition coefficient (Wildman–Crippen LogP) is 1.57. The van der Waals surface area contributed by atoms with Crippen LogP contribution in [0.5, 0.6) is 5.75 Å². The van der Waals surface area contributed by atoms with E-state index < -0.39 is 17.5 Å². The number of fused-ring (bicyclic) bond motifs is 1. The number of aromatic nitrogens is 2. The van der Waals surface area contributed by atoms with Crippen molar-refractivity contribution in [2.24, 2.45) is 0 Å². The minimum atomic E-state index is -1.38. The molecular weight excluding hydrogens is 398 g/mol. The zero-order chi connectivity index (χ0) is 21.6. The second-order valence-corrected chi connectivity index (χ2v) is 7.51. The van der Waals surface area contributed by atoms with Gasteiger partial charge in [0.25, 0.3) is 11.8 Å². The molecule has 0 spiro atoms. The van der Waals surface area contributed by atoms with E-state index in [0.717, 1.165) is 11.3 Å². The maximum absolute atomic E-state index is 13.0. The van der Waals surface area contributed by atoms with Gasteiger partial charge in [-0.1, -0.05) is 18.2 Å². The molecule has 5 rings (SSSR count). The van der Waals surface area contributed by atoms with E-state index in [2.05, 4.69) is 15.6 Å². The predicted molar refractivity (Wildman–Crippen MR) is 110 cm³/mol. The van der Waals surface area contributed by atoms with Gasteiger partial charge in [0.05, 0.1) is 20.0 Å². The monoisotopic (exact) mass is 417 g/mol. The van der Waals surface area contributed by atoms with Gasteiger partial charge in [0.15, 0.2) is 5.54 Å². The Kier molecular flexibility index (Phi) is 4.25. The summed E-state index contributed by atoms with van der Waals surface area (Å²) in [4.78, 5) is 43.6. The molecule has 2 aromatic carbocycles. The molecule has 31 heavy (non-hydrogen) atoms. The lowest BCUT2D eigenvalue weighted by Gasteiger charge is -2.31. The highest BCUT2D eigenvalue weighted by Crippen LogP contribution is 2.32. The van der Waals surface area contributed by atoms with Crippen LogP contribution in [0.15, 0.2) is 61.2 Å². The fourth-order valence-corrected chi connectivity index (χ4v) is 4.11. The second-order valence-electron chi connectivity index (χ2n) is 7.51. The van der Waals surface area contributed by atoms with Crippen LogP contribution in [0.4, 0.5) is 4.79 Å². The maximum Gasteiger partial charge on any atom is 0.322 e. The van der Waals surface area contributed by atoms with Crippen LogP contribution in [0.25, 0.3) is 5.69 Å². The fraction of sp³-hybridized carbons (Fsp3) is 0.182. The van der Waals surface area contributed by atoms with E-state index in [-0.39, 0.29) is 12.5 Å². The molecule has 0 radical (unpaired) electrons. The summed E-state index contributed by atoms with van der Waals surface area (Å²) in [5.74, 6) is -0.114. The topological polar surface area (TPSA) is 106 Å². The number of rotatable bonds is 5. The summed E-state index contributed by atoms with van der Waals surface area (Å²) in [5.41, 5.74) is 1.45. The number of carbonyl (C=O) groups is 3. The first-order valence-corrected chi connectivity index (χ1v) is 9.69. The lowest BCUT2D eigenvalue weighted by atomic mass is 9.89. The zero-order valence-corrected chi connectivity index (χ0v) is 16.7. The highest BCUT2D eigenvalue weighted by Gasteiger charge is 2.50. The molecule has 1 aromatic heterocycles. The molecule has 1 saturated heterocycles. The number of carbonyl (C=O) groups excluding carboxylic acids is 3. The van der Waals surface area contributed by atoms with Crippen molar-refractivity contribution in [3.05, 3.63) is 77.9 Å². The number of nitrogens with zero attached hydrogens (tertiary/aromatic N) is 3. The van der Waals surface area contributed by atoms with Crippen LogP contribution in [-0.4, -0.2) is 46.0 Å². The third-order valence-electron chi connectivity index (χ3n) is 5.73. The lowest BCUT2D eigenvalue weighted by Crippen LogP contribution is -2.52. The van der Waals surface area contributed by atoms with Crippen LogP contribution in [0, 0.1) is 0 Å². The Labute approximate surface area is 177 Å². The van der Waals surface area contributed by atoms with E-state index in [1.165, 1.54) is 0 Å². The molecule has 1 fully saturated rings. The number of methoxy groups -OCH3 is 1. The van der Waals surface area contributed by atoms with Gasteiger partial charge in [-0.25, -0.2) is 9.78 Å². The van der Waals surface area contributed by atoms with Gasteiger partial charge in [0, 0.05) is 30.2 Å². The molecule has 0 aliphatic carbocycles. The lowest BCUT2D eigenvalue weighted by molar-refractivity contribution is -0.124. The summed E-state index contributed by atoms with van der Waals surface area (Å²) < 4.78 is 7.05. The molecule has 9 heteroatoms. The molecule has 3 heterocycles. The first kappa shape index (κ1) is 18.9. The van der Waals surface area contributed by atoms with Crippen molar-refractivity contribution in [3.8, 4) is 11.4 Å². The molecule has 2 aliphatic heterocycles. The van der Waals surface area contributed by atoms with Gasteiger partial charge in [-0.15, -0.1) is 0 Å². The maximum atomic E-state index is 13.0. The largest absolute Gasteiger partial charge is 0.497 e. The van der Waals surface area contributed by atoms with E-state index >= 15 is 0 Å². The summed E-state index contributed by atoms with van der Waals surface area (Å²) in [6, 6.07) is 12.0. The molecule has 156 valence electrons. The van der Waals surface area contributed by atoms with E-state index in [9.17, 15) is 14.4 Å². The second kappa shape index (κ2) is 6.98. The number of imidazole rings is 1. The Morgan fingerprint density at radius 3 is 2.58 bits per heavy atom. The summed E-state index contributed by atoms with van der Waals surface area (Å²) in [6.07, 6.45) is 5.15. The average molecular weight is 417 g/mol. The molecule has 2 N–H and O–H groups in total. The van der Waals surface area contributed by atoms with E-state index in [1.807, 2.05) is 29.0 Å². The van der Waals surface area contributed by atoms with Gasteiger partial charge in [-0.3, -0.25) is 14.9 Å². The first-order valence-electron chi connectivity index (χ1n) is 9.69. The Bertz CT molecular complexity index is 1190. The van der Waals surface area contributed by atoms with E-state index in [0.29, 0.717) is 23.4 Å². The minimum Gasteiger partial charge on any atom is -0.497 e. The van der Waals surface area contributed by atoms with Crippen molar-refractivity contribution in [1.82, 2.24) is 25.1 Å². The molecule has 9 nitrogen and oxygen atoms in total. The number of urea groups is 1. The number of amides is 4. The first-order chi connectivity index (χ1) is 15.0. The van der Waals surface area contributed by atoms with Crippen LogP contribution < -0.4 is 15.4 Å². The standard InChI is InChI=1S/C22H19N5O4/c1-31-17-7-2-14-11-27(19(28)18(14)10-17)12-22(20(29)24-21(30)25-22)15-3-5-16(6-4-15)26-9-8-23-13-26/h2-10,13H,11-12H2,1H3,(H2,24,25,29,30)/t22-/m0/s1. The Morgan fingerprint density at radius 2 is 1.94 bits per heavy atom. The molecular formula is C22H19N5O4. The molecule has 1 atom stereocenters. The molecule has 0 bridgehead atoms. The van der Waals surface area contributed by atoms with Crippen LogP contribution >= 0.6 is 0 Å². The van der Waals surface area contributed by atoms with Crippen molar-refractivity contribution >= 4 is 17.8 Å². The number of benzene rings is 2. The third-order valence-corrected chi connectivity index (χ3v) is 5.73. The molecule has 4 amide bonds. The highest BCUT2D eigenvalue weighted by atomic mass is 16.5. The summed E-state index contributed by atoms with van der Waals surface area (Å²) >= 11 is 0. The quantitative estimate of drug-likeness (QED) is 0.613. The Morgan fingerprint density at radius 1 is 1.13 bits per heavy atom. The van der Waals surface area contributed by atoms with Crippen molar-refractivity contribution in [2.75, 3.05) is 13.7 Å². The molecule has 3 aromatic rings. The third kappa shape index (κ3) is 3.02. The van der Waals surface area contributed by atoms with Gasteiger partial charge in [0.1, 0.15) is 5.75 Å². The normalized spacial score (nSPS) is 19.9. The number of ether oxygens (including phenoxy) is 1. The molecule has 0 unspecified atom stereocenters. The average Bonchev–Trinajstić information content (AvgIpc) is 3.48. The van der Waals surface area contributed by atoms with Gasteiger partial charge in [-0.05, 0) is 35.4 Å². The minimum absolute atomic E-state index is 0.00479. The number of imide groups is 1. The van der Waals surface area contributed by atoms with Gasteiger partial charge in [0.2, 0.25) is 0 Å². The summed E-state index contributed by atoms with van der Waals surface area (Å²) in [5, 5.41) is 5.06. The molecule has 2 aliphatic rings. The Hall–Kier alpha value is -4.14. The van der Waals surface area contributed by atoms with Crippen LogP contribution in [0.1, 0.15) is 21.5 Å². The number of nitrogens with one attached hydrogen (secondary N) is 2. The van der Waals surface area contributed by atoms with Gasteiger partial charge >= 0.3 is 6.03 Å². The van der Waals surface area contributed by atoms with Crippen LogP contribution in [0.2, 0.25) is 0 Å². The number of hydrogen-bond acceptors (Lipinski definition) is 5. The molecule has 0 saturated carbocycles. The van der Waals surface area contributed by atoms with Crippen molar-refractivity contribution in [1.29, 1.82) is 0 Å². The number of hydrogen-bond donors (Lipinski definition) is 2. The van der Waals surface area contributed by atoms with Gasteiger partial charge < -0.3 is 19.5 Å². The van der Waals surface area contributed by atoms with Crippen LogP contribution in [0.3, 0.4) is 0 Å². The summed E-state index contributed by atoms with van der Waals surface area (Å²) in [7, 11) is 1.54. The smallest absolute Gasteiger partial charge is 0.322 e. The van der Waals surface area contributed by atoms with Crippen molar-refractivity contribution in [3.63, 3.8) is 0 Å². The van der Waals surface area contributed by atoms with Crippen LogP contribution in [-0.2, 0) is 16.9 Å². The fourth-order valence-electron chi connectivity index (χ4n) is 4.11. The van der Waals surface area contributed by atoms with Crippen molar-refractivity contribution < 1.29 is 19.1 Å². The SMILES string of the molecule is COc1ccc2c(c1)C(=O)N(C[C@@]1(c3ccc(-n4ccnc4)cc3)NC(=O)NC1=O)C2. The van der Waals surface area contributed by atoms with E-state index in [1.54, 1.807) is 48.8 Å². The van der Waals surface area contributed by atoms with Crippen molar-refractivity contribution in [2.45, 2.75) is 12.1 Å². The highest BCUT2D eigenvalue weighted by molar-refractivity contribution is 6.08. The van der Waals surface area contributed by atoms with E-state index in [4.69, 9.17) is 4.74 Å². The van der Waals surface area contributed by atoms with Gasteiger partial charge in [-0.2, -0.15) is 0 Å². The summed E-state index contributed by atoms with van der Waals surface area (Å²) in [6.45, 7) is 0.348. The zero-order valence-electron chi connectivity index (χ0n) is 16.7.